The summed E-state index contributed by atoms with van der Waals surface area (Å²) < 4.78 is 34.6. The number of carbonyl (C=O) groups excluding carboxylic acids is 1. The van der Waals surface area contributed by atoms with Crippen LogP contribution in [0.1, 0.15) is 43.2 Å². The van der Waals surface area contributed by atoms with E-state index >= 15 is 0 Å². The fourth-order valence-electron chi connectivity index (χ4n) is 4.88. The van der Waals surface area contributed by atoms with E-state index in [9.17, 15) is 13.6 Å². The molecule has 0 radical (unpaired) electrons. The van der Waals surface area contributed by atoms with Crippen LogP contribution in [0.25, 0.3) is 11.1 Å². The smallest absolute Gasteiger partial charge is 0.317 e. The molecule has 5 rings (SSSR count). The molecule has 0 spiro atoms. The largest absolute Gasteiger partial charge is 0.402 e. The molecule has 3 aliphatic heterocycles. The van der Waals surface area contributed by atoms with E-state index in [4.69, 9.17) is 15.9 Å². The maximum atomic E-state index is 14.0. The molecule has 0 unspecified atom stereocenters. The van der Waals surface area contributed by atoms with E-state index in [1.54, 1.807) is 47.0 Å². The average molecular weight is 516 g/mol. The molecule has 4 heterocycles. The Morgan fingerprint density at radius 1 is 1.19 bits per heavy atom. The lowest BCUT2D eigenvalue weighted by Crippen LogP contribution is -2.47. The van der Waals surface area contributed by atoms with E-state index in [0.29, 0.717) is 47.6 Å². The summed E-state index contributed by atoms with van der Waals surface area (Å²) in [5.74, 6) is 0.159. The third-order valence-electron chi connectivity index (χ3n) is 6.89. The highest BCUT2D eigenvalue weighted by atomic mass is 19.3. The minimum atomic E-state index is -2.67. The Hall–Kier alpha value is -3.47. The van der Waals surface area contributed by atoms with E-state index in [2.05, 4.69) is 10.4 Å². The van der Waals surface area contributed by atoms with Crippen molar-refractivity contribution in [1.82, 2.24) is 20.0 Å². The second kappa shape index (κ2) is 11.7. The van der Waals surface area contributed by atoms with E-state index in [1.165, 1.54) is 18.9 Å². The van der Waals surface area contributed by atoms with Gasteiger partial charge in [-0.05, 0) is 48.9 Å². The molecule has 1 aromatic carbocycles. The highest BCUT2D eigenvalue weighted by Crippen LogP contribution is 2.39. The fourth-order valence-corrected chi connectivity index (χ4v) is 4.88. The number of rotatable bonds is 3. The summed E-state index contributed by atoms with van der Waals surface area (Å²) in [6.07, 6.45) is 5.16. The topological polar surface area (TPSA) is 112 Å². The SMILES string of the molecule is C1CCOC1.CNC(=O)N1CCC(N)=C(C(=N)N2CCCc3cc(-c4cnn(C)c4)c(C(F)F)cc32)C1. The first-order valence-corrected chi connectivity index (χ1v) is 12.6. The lowest BCUT2D eigenvalue weighted by molar-refractivity contribution is 0.152. The summed E-state index contributed by atoms with van der Waals surface area (Å²) >= 11 is 0. The van der Waals surface area contributed by atoms with Gasteiger partial charge >= 0.3 is 6.03 Å². The lowest BCUT2D eigenvalue weighted by atomic mass is 9.92. The summed E-state index contributed by atoms with van der Waals surface area (Å²) in [6, 6.07) is 3.05. The number of amidine groups is 1. The van der Waals surface area contributed by atoms with Gasteiger partial charge in [0.05, 0.1) is 12.7 Å². The van der Waals surface area contributed by atoms with Crippen LogP contribution in [0.2, 0.25) is 0 Å². The van der Waals surface area contributed by atoms with Gasteiger partial charge in [-0.1, -0.05) is 0 Å². The molecule has 11 heteroatoms. The van der Waals surface area contributed by atoms with Gasteiger partial charge < -0.3 is 25.6 Å². The van der Waals surface area contributed by atoms with Gasteiger partial charge in [-0.15, -0.1) is 0 Å². The van der Waals surface area contributed by atoms with Crippen molar-refractivity contribution in [3.63, 3.8) is 0 Å². The van der Waals surface area contributed by atoms with Crippen LogP contribution >= 0.6 is 0 Å². The molecule has 0 saturated carbocycles. The monoisotopic (exact) mass is 515 g/mol. The highest BCUT2D eigenvalue weighted by Gasteiger charge is 2.30. The van der Waals surface area contributed by atoms with Crippen molar-refractivity contribution >= 4 is 17.6 Å². The number of alkyl halides is 2. The zero-order valence-corrected chi connectivity index (χ0v) is 21.4. The van der Waals surface area contributed by atoms with E-state index in [1.807, 2.05) is 0 Å². The number of aryl methyl sites for hydroxylation is 2. The first kappa shape index (κ1) is 26.6. The maximum Gasteiger partial charge on any atom is 0.317 e. The van der Waals surface area contributed by atoms with Crippen molar-refractivity contribution in [3.05, 3.63) is 46.9 Å². The van der Waals surface area contributed by atoms with Crippen molar-refractivity contribution in [2.75, 3.05) is 44.8 Å². The fraction of sp³-hybridized carbons (Fsp3) is 0.500. The molecule has 3 aliphatic rings. The zero-order valence-electron chi connectivity index (χ0n) is 21.4. The molecular formula is C26H35F2N7O2. The molecule has 1 fully saturated rings. The standard InChI is InChI=1S/C22H27F2N7O.C4H8O/c1-27-22(32)30-7-5-18(25)17(12-30)21(26)31-6-3-4-13-8-15(14-10-28-29(2)11-14)16(20(23)24)9-19(13)31;1-2-4-5-3-1/h8-11,20,26H,3-7,12,25H2,1-2H3,(H,27,32);1-4H2. The third kappa shape index (κ3) is 5.93. The molecule has 2 amide bonds. The number of hydrogen-bond acceptors (Lipinski definition) is 5. The number of nitrogens with one attached hydrogen (secondary N) is 2. The predicted octanol–water partition coefficient (Wildman–Crippen LogP) is 3.81. The number of amides is 2. The second-order valence-electron chi connectivity index (χ2n) is 9.43. The van der Waals surface area contributed by atoms with E-state index in [0.717, 1.165) is 31.6 Å². The number of hydrogen-bond donors (Lipinski definition) is 3. The number of halogens is 2. The Balaban J connectivity index is 0.000000572. The average Bonchev–Trinajstić information content (AvgIpc) is 3.62. The molecule has 1 aromatic heterocycles. The third-order valence-corrected chi connectivity index (χ3v) is 6.89. The first-order valence-electron chi connectivity index (χ1n) is 12.6. The second-order valence-corrected chi connectivity index (χ2v) is 9.43. The van der Waals surface area contributed by atoms with E-state index in [-0.39, 0.29) is 24.0 Å². The Labute approximate surface area is 215 Å². The van der Waals surface area contributed by atoms with Crippen molar-refractivity contribution < 1.29 is 18.3 Å². The van der Waals surface area contributed by atoms with Gasteiger partial charge in [0.25, 0.3) is 6.43 Å². The highest BCUT2D eigenvalue weighted by molar-refractivity contribution is 6.09. The molecule has 9 nitrogen and oxygen atoms in total. The Morgan fingerprint density at radius 2 is 1.95 bits per heavy atom. The van der Waals surface area contributed by atoms with Gasteiger partial charge in [-0.3, -0.25) is 10.1 Å². The molecule has 2 aromatic rings. The Kier molecular flexibility index (Phi) is 8.42. The molecule has 0 aliphatic carbocycles. The number of ether oxygens (including phenoxy) is 1. The zero-order chi connectivity index (χ0) is 26.5. The molecule has 0 bridgehead atoms. The van der Waals surface area contributed by atoms with Crippen LogP contribution in [0.4, 0.5) is 19.3 Å². The van der Waals surface area contributed by atoms with Crippen molar-refractivity contribution in [3.8, 4) is 11.1 Å². The maximum absolute atomic E-state index is 14.0. The number of fused-ring (bicyclic) bond motifs is 1. The van der Waals surface area contributed by atoms with Crippen molar-refractivity contribution in [2.45, 2.75) is 38.5 Å². The number of nitrogens with two attached hydrogens (primary N) is 1. The van der Waals surface area contributed by atoms with Gasteiger partial charge in [0.15, 0.2) is 0 Å². The number of nitrogens with zero attached hydrogens (tertiary/aromatic N) is 4. The summed E-state index contributed by atoms with van der Waals surface area (Å²) in [4.78, 5) is 15.4. The number of benzene rings is 1. The van der Waals surface area contributed by atoms with Gasteiger partial charge in [0.2, 0.25) is 0 Å². The first-order chi connectivity index (χ1) is 17.8. The van der Waals surface area contributed by atoms with Gasteiger partial charge in [-0.25, -0.2) is 13.6 Å². The molecule has 37 heavy (non-hydrogen) atoms. The van der Waals surface area contributed by atoms with Crippen LogP contribution in [0.5, 0.6) is 0 Å². The Morgan fingerprint density at radius 3 is 2.54 bits per heavy atom. The van der Waals surface area contributed by atoms with Crippen molar-refractivity contribution in [1.29, 1.82) is 5.41 Å². The quantitative estimate of drug-likeness (QED) is 0.425. The van der Waals surface area contributed by atoms with Crippen LogP contribution in [0.15, 0.2) is 35.8 Å². The van der Waals surface area contributed by atoms with Crippen LogP contribution < -0.4 is 16.0 Å². The molecule has 200 valence electrons. The number of anilines is 1. The lowest BCUT2D eigenvalue weighted by Gasteiger charge is -2.36. The minimum Gasteiger partial charge on any atom is -0.402 e. The number of carbonyl (C=O) groups is 1. The van der Waals surface area contributed by atoms with Crippen LogP contribution in [-0.2, 0) is 18.2 Å². The molecule has 1 saturated heterocycles. The number of urea groups is 1. The van der Waals surface area contributed by atoms with E-state index < -0.39 is 6.43 Å². The van der Waals surface area contributed by atoms with Gasteiger partial charge in [-0.2, -0.15) is 5.10 Å². The van der Waals surface area contributed by atoms with Gasteiger partial charge in [0.1, 0.15) is 5.84 Å². The minimum absolute atomic E-state index is 0.0889. The Bertz CT molecular complexity index is 1170. The summed E-state index contributed by atoms with van der Waals surface area (Å²) in [7, 11) is 3.30. The summed E-state index contributed by atoms with van der Waals surface area (Å²) in [5.41, 5.74) is 9.84. The van der Waals surface area contributed by atoms with Gasteiger partial charge in [0, 0.05) is 81.1 Å². The van der Waals surface area contributed by atoms with Crippen LogP contribution in [0, 0.1) is 5.41 Å². The van der Waals surface area contributed by atoms with Crippen LogP contribution in [0.3, 0.4) is 0 Å². The van der Waals surface area contributed by atoms with Crippen LogP contribution in [-0.4, -0.2) is 66.4 Å². The molecule has 0 atom stereocenters. The molecule has 4 N–H and O–H groups in total. The summed E-state index contributed by atoms with van der Waals surface area (Å²) in [5, 5.41) is 15.6. The normalized spacial score (nSPS) is 17.4. The summed E-state index contributed by atoms with van der Waals surface area (Å²) in [6.45, 7) is 3.21. The number of aromatic nitrogens is 2. The van der Waals surface area contributed by atoms with Crippen molar-refractivity contribution in [2.24, 2.45) is 12.8 Å². The molecular weight excluding hydrogens is 480 g/mol. The predicted molar refractivity (Wildman–Crippen MR) is 139 cm³/mol.